The highest BCUT2D eigenvalue weighted by Crippen LogP contribution is 2.34. The molecular weight excluding hydrogens is 298 g/mol. The normalized spacial score (nSPS) is 23.0. The van der Waals surface area contributed by atoms with Crippen molar-refractivity contribution < 1.29 is 0 Å². The van der Waals surface area contributed by atoms with Gasteiger partial charge in [0, 0.05) is 24.5 Å². The van der Waals surface area contributed by atoms with Gasteiger partial charge in [-0.15, -0.1) is 0 Å². The van der Waals surface area contributed by atoms with Crippen LogP contribution in [-0.2, 0) is 0 Å². The van der Waals surface area contributed by atoms with Gasteiger partial charge in [0.1, 0.15) is 12.1 Å². The smallest absolute Gasteiger partial charge is 0.348 e. The van der Waals surface area contributed by atoms with E-state index in [1.54, 1.807) is 0 Å². The Bertz CT molecular complexity index is 615. The van der Waals surface area contributed by atoms with Crippen LogP contribution in [0.3, 0.4) is 0 Å². The maximum atomic E-state index is 11.3. The first kappa shape index (κ1) is 11.7. The number of hydrogen-bond donors (Lipinski definition) is 1. The Labute approximate surface area is 112 Å². The van der Waals surface area contributed by atoms with Gasteiger partial charge in [0.25, 0.3) is 0 Å². The van der Waals surface area contributed by atoms with Crippen molar-refractivity contribution in [3.63, 3.8) is 0 Å². The van der Waals surface area contributed by atoms with E-state index in [-0.39, 0.29) is 5.69 Å². The number of H-pyrrole nitrogens is 1. The van der Waals surface area contributed by atoms with Gasteiger partial charge in [-0.05, 0) is 18.8 Å². The maximum absolute atomic E-state index is 11.3. The molecule has 1 N–H and O–H groups in total. The van der Waals surface area contributed by atoms with Crippen molar-refractivity contribution in [3.8, 4) is 0 Å². The van der Waals surface area contributed by atoms with Gasteiger partial charge in [0.15, 0.2) is 5.65 Å². The van der Waals surface area contributed by atoms with E-state index < -0.39 is 0 Å². The number of rotatable bonds is 3. The second-order valence-electron chi connectivity index (χ2n) is 4.82. The Morgan fingerprint density at radius 2 is 2.39 bits per heavy atom. The molecule has 96 valence electrons. The molecule has 0 amide bonds. The third-order valence-electron chi connectivity index (χ3n) is 3.40. The lowest BCUT2D eigenvalue weighted by atomic mass is 9.85. The predicted octanol–water partition coefficient (Wildman–Crippen LogP) is 1.03. The molecule has 0 atom stereocenters. The minimum Gasteiger partial charge on any atom is -0.359 e. The summed E-state index contributed by atoms with van der Waals surface area (Å²) in [5.41, 5.74) is 0.344. The predicted molar refractivity (Wildman–Crippen MR) is 72.3 cm³/mol. The average Bonchev–Trinajstić information content (AvgIpc) is 2.68. The molecule has 1 aliphatic carbocycles. The van der Waals surface area contributed by atoms with Crippen LogP contribution in [0, 0.1) is 5.92 Å². The van der Waals surface area contributed by atoms with Gasteiger partial charge < -0.3 is 4.90 Å². The molecule has 2 aromatic heterocycles. The molecule has 6 nitrogen and oxygen atoms in total. The van der Waals surface area contributed by atoms with Crippen molar-refractivity contribution in [1.29, 1.82) is 0 Å². The number of nitrogens with one attached hydrogen (secondary N) is 1. The fourth-order valence-corrected chi connectivity index (χ4v) is 3.35. The van der Waals surface area contributed by atoms with Crippen molar-refractivity contribution in [2.24, 2.45) is 5.92 Å². The van der Waals surface area contributed by atoms with E-state index in [0.717, 1.165) is 18.3 Å². The van der Waals surface area contributed by atoms with Crippen molar-refractivity contribution in [2.45, 2.75) is 17.7 Å². The van der Waals surface area contributed by atoms with Crippen LogP contribution < -0.4 is 10.6 Å². The molecular formula is C11H14BrN5O. The topological polar surface area (TPSA) is 66.3 Å². The molecule has 0 radical (unpaired) electrons. The van der Waals surface area contributed by atoms with E-state index in [1.165, 1.54) is 23.6 Å². The van der Waals surface area contributed by atoms with Crippen LogP contribution in [0.2, 0.25) is 0 Å². The fraction of sp³-hybridized carbons (Fsp3) is 0.545. The monoisotopic (exact) mass is 311 g/mol. The summed E-state index contributed by atoms with van der Waals surface area (Å²) in [6, 6.07) is 1.82. The second kappa shape index (κ2) is 4.38. The summed E-state index contributed by atoms with van der Waals surface area (Å²) in [6.45, 7) is 0.986. The molecule has 1 fully saturated rings. The molecule has 18 heavy (non-hydrogen) atoms. The molecule has 0 spiro atoms. The SMILES string of the molecule is CN(CC1CC(Br)C1)c1cc2n[nH]c(=O)n2cn1. The van der Waals surface area contributed by atoms with Gasteiger partial charge in [-0.2, -0.15) is 5.10 Å². The standard InChI is InChI=1S/C11H14BrN5O/c1-16(5-7-2-8(12)3-7)9-4-10-14-15-11(18)17(10)6-13-9/h4,6-8H,2-3,5H2,1H3,(H,15,18). The zero-order valence-corrected chi connectivity index (χ0v) is 11.6. The lowest BCUT2D eigenvalue weighted by Crippen LogP contribution is -2.35. The Hall–Kier alpha value is -1.37. The number of anilines is 1. The molecule has 0 aliphatic heterocycles. The van der Waals surface area contributed by atoms with Gasteiger partial charge in [0.2, 0.25) is 0 Å². The Morgan fingerprint density at radius 1 is 1.61 bits per heavy atom. The Kier molecular flexibility index (Phi) is 2.85. The van der Waals surface area contributed by atoms with E-state index in [9.17, 15) is 4.79 Å². The Morgan fingerprint density at radius 3 is 3.11 bits per heavy atom. The summed E-state index contributed by atoms with van der Waals surface area (Å²) in [7, 11) is 2.02. The zero-order valence-electron chi connectivity index (χ0n) is 10.0. The van der Waals surface area contributed by atoms with Crippen molar-refractivity contribution >= 4 is 27.4 Å². The maximum Gasteiger partial charge on any atom is 0.348 e. The highest BCUT2D eigenvalue weighted by Gasteiger charge is 2.27. The zero-order chi connectivity index (χ0) is 12.7. The molecule has 2 aromatic rings. The summed E-state index contributed by atoms with van der Waals surface area (Å²) in [5, 5.41) is 6.34. The fourth-order valence-electron chi connectivity index (χ4n) is 2.29. The Balaban J connectivity index is 1.78. The molecule has 0 aromatic carbocycles. The number of aromatic nitrogens is 4. The highest BCUT2D eigenvalue weighted by molar-refractivity contribution is 9.09. The van der Waals surface area contributed by atoms with Gasteiger partial charge in [-0.25, -0.2) is 19.3 Å². The van der Waals surface area contributed by atoms with E-state index in [0.29, 0.717) is 10.5 Å². The lowest BCUT2D eigenvalue weighted by molar-refractivity contribution is 0.338. The minimum absolute atomic E-state index is 0.257. The first-order valence-corrected chi connectivity index (χ1v) is 6.83. The van der Waals surface area contributed by atoms with Crippen LogP contribution in [0.1, 0.15) is 12.8 Å². The number of alkyl halides is 1. The van der Waals surface area contributed by atoms with Crippen LogP contribution in [0.5, 0.6) is 0 Å². The molecule has 2 heterocycles. The second-order valence-corrected chi connectivity index (χ2v) is 6.11. The summed E-state index contributed by atoms with van der Waals surface area (Å²) in [4.78, 5) is 18.4. The summed E-state index contributed by atoms with van der Waals surface area (Å²) < 4.78 is 1.40. The van der Waals surface area contributed by atoms with Crippen LogP contribution in [0.15, 0.2) is 17.2 Å². The molecule has 3 rings (SSSR count). The summed E-state index contributed by atoms with van der Waals surface area (Å²) in [5.74, 6) is 1.57. The van der Waals surface area contributed by atoms with Gasteiger partial charge in [0.05, 0.1) is 0 Å². The summed E-state index contributed by atoms with van der Waals surface area (Å²) in [6.07, 6.45) is 3.95. The molecule has 1 aliphatic rings. The molecule has 7 heteroatoms. The molecule has 0 unspecified atom stereocenters. The third kappa shape index (κ3) is 2.03. The quantitative estimate of drug-likeness (QED) is 0.860. The molecule has 0 saturated heterocycles. The van der Waals surface area contributed by atoms with E-state index >= 15 is 0 Å². The summed E-state index contributed by atoms with van der Waals surface area (Å²) >= 11 is 3.60. The van der Waals surface area contributed by atoms with Crippen LogP contribution in [-0.4, -0.2) is 38.0 Å². The van der Waals surface area contributed by atoms with E-state index in [2.05, 4.69) is 36.0 Å². The minimum atomic E-state index is -0.257. The first-order chi connectivity index (χ1) is 8.63. The molecule has 0 bridgehead atoms. The van der Waals surface area contributed by atoms with Crippen LogP contribution in [0.25, 0.3) is 5.65 Å². The lowest BCUT2D eigenvalue weighted by Gasteiger charge is -2.34. The van der Waals surface area contributed by atoms with E-state index in [1.807, 2.05) is 13.1 Å². The van der Waals surface area contributed by atoms with E-state index in [4.69, 9.17) is 0 Å². The highest BCUT2D eigenvalue weighted by atomic mass is 79.9. The number of hydrogen-bond acceptors (Lipinski definition) is 4. The van der Waals surface area contributed by atoms with Gasteiger partial charge in [-0.1, -0.05) is 15.9 Å². The third-order valence-corrected chi connectivity index (χ3v) is 4.14. The number of aromatic amines is 1. The average molecular weight is 312 g/mol. The van der Waals surface area contributed by atoms with Gasteiger partial charge >= 0.3 is 5.69 Å². The largest absolute Gasteiger partial charge is 0.359 e. The van der Waals surface area contributed by atoms with Crippen LogP contribution in [0.4, 0.5) is 5.82 Å². The number of fused-ring (bicyclic) bond motifs is 1. The molecule has 1 saturated carbocycles. The number of nitrogens with zero attached hydrogens (tertiary/aromatic N) is 4. The van der Waals surface area contributed by atoms with Crippen molar-refractivity contribution in [1.82, 2.24) is 19.6 Å². The van der Waals surface area contributed by atoms with Crippen molar-refractivity contribution in [3.05, 3.63) is 22.9 Å². The van der Waals surface area contributed by atoms with Gasteiger partial charge in [-0.3, -0.25) is 0 Å². The first-order valence-electron chi connectivity index (χ1n) is 5.91. The van der Waals surface area contributed by atoms with Crippen molar-refractivity contribution in [2.75, 3.05) is 18.5 Å². The van der Waals surface area contributed by atoms with Crippen LogP contribution >= 0.6 is 15.9 Å². The number of halogens is 1.